The van der Waals surface area contributed by atoms with Crippen molar-refractivity contribution in [2.24, 2.45) is 0 Å². The summed E-state index contributed by atoms with van der Waals surface area (Å²) < 4.78 is 13.1. The highest BCUT2D eigenvalue weighted by molar-refractivity contribution is 6.02. The summed E-state index contributed by atoms with van der Waals surface area (Å²) >= 11 is 0. The van der Waals surface area contributed by atoms with E-state index in [9.17, 15) is 9.18 Å². The number of hydrogen-bond donors (Lipinski definition) is 4. The predicted molar refractivity (Wildman–Crippen MR) is 99.0 cm³/mol. The van der Waals surface area contributed by atoms with Gasteiger partial charge in [-0.3, -0.25) is 10.2 Å². The lowest BCUT2D eigenvalue weighted by molar-refractivity contribution is 0.112. The molecule has 0 fully saturated rings. The van der Waals surface area contributed by atoms with Gasteiger partial charge in [0.25, 0.3) is 0 Å². The first-order chi connectivity index (χ1) is 12.5. The van der Waals surface area contributed by atoms with Crippen LogP contribution >= 0.6 is 0 Å². The lowest BCUT2D eigenvalue weighted by Crippen LogP contribution is -2.29. The Labute approximate surface area is 151 Å². The van der Waals surface area contributed by atoms with E-state index >= 15 is 0 Å². The van der Waals surface area contributed by atoms with Gasteiger partial charge in [0.15, 0.2) is 0 Å². The number of benzene rings is 1. The van der Waals surface area contributed by atoms with Crippen molar-refractivity contribution in [1.29, 1.82) is 5.41 Å². The minimum Gasteiger partial charge on any atom is -0.394 e. The molecule has 0 atom stereocenters. The van der Waals surface area contributed by atoms with Crippen LogP contribution in [0.5, 0.6) is 0 Å². The minimum atomic E-state index is -0.429. The highest BCUT2D eigenvalue weighted by Crippen LogP contribution is 2.16. The van der Waals surface area contributed by atoms with Gasteiger partial charge in [0, 0.05) is 19.7 Å². The molecule has 0 amide bonds. The van der Waals surface area contributed by atoms with Crippen molar-refractivity contribution in [3.63, 3.8) is 0 Å². The first kappa shape index (κ1) is 20.9. The van der Waals surface area contributed by atoms with Gasteiger partial charge in [-0.1, -0.05) is 24.3 Å². The SMILES string of the molecule is CN/C=C\C(=N)N(Cc1ccc(C=O)cc1)c1ccc(F)cn1.CNO. The first-order valence-electron chi connectivity index (χ1n) is 7.72. The van der Waals surface area contributed by atoms with Gasteiger partial charge in [0.2, 0.25) is 0 Å². The van der Waals surface area contributed by atoms with Gasteiger partial charge in [0.05, 0.1) is 12.7 Å². The summed E-state index contributed by atoms with van der Waals surface area (Å²) in [6, 6.07) is 9.89. The number of carbonyl (C=O) groups is 1. The molecule has 0 spiro atoms. The van der Waals surface area contributed by atoms with Crippen LogP contribution in [0.1, 0.15) is 15.9 Å². The molecule has 1 aromatic carbocycles. The molecule has 0 unspecified atom stereocenters. The molecule has 0 saturated carbocycles. The number of hydrogen-bond acceptors (Lipinski definition) is 6. The predicted octanol–water partition coefficient (Wildman–Crippen LogP) is 2.35. The fourth-order valence-electron chi connectivity index (χ4n) is 1.95. The molecule has 0 aliphatic rings. The zero-order valence-corrected chi connectivity index (χ0v) is 14.6. The number of nitrogens with zero attached hydrogens (tertiary/aromatic N) is 2. The largest absolute Gasteiger partial charge is 0.394 e. The summed E-state index contributed by atoms with van der Waals surface area (Å²) in [4.78, 5) is 16.4. The molecule has 2 rings (SSSR count). The summed E-state index contributed by atoms with van der Waals surface area (Å²) in [7, 11) is 3.17. The Morgan fingerprint density at radius 3 is 2.42 bits per heavy atom. The quantitative estimate of drug-likeness (QED) is 0.273. The molecule has 138 valence electrons. The van der Waals surface area contributed by atoms with Gasteiger partial charge in [-0.25, -0.2) is 14.9 Å². The Morgan fingerprint density at radius 2 is 1.92 bits per heavy atom. The van der Waals surface area contributed by atoms with Crippen LogP contribution in [0.3, 0.4) is 0 Å². The maximum absolute atomic E-state index is 13.1. The lowest BCUT2D eigenvalue weighted by atomic mass is 10.1. The van der Waals surface area contributed by atoms with E-state index in [1.807, 2.05) is 12.1 Å². The van der Waals surface area contributed by atoms with Gasteiger partial charge >= 0.3 is 0 Å². The van der Waals surface area contributed by atoms with E-state index in [0.29, 0.717) is 17.9 Å². The van der Waals surface area contributed by atoms with Gasteiger partial charge in [-0.2, -0.15) is 0 Å². The first-order valence-corrected chi connectivity index (χ1v) is 7.72. The summed E-state index contributed by atoms with van der Waals surface area (Å²) in [5.74, 6) is 0.246. The monoisotopic (exact) mass is 359 g/mol. The van der Waals surface area contributed by atoms with Crippen LogP contribution in [-0.2, 0) is 6.54 Å². The number of rotatable bonds is 6. The average Bonchev–Trinajstić information content (AvgIpc) is 2.66. The van der Waals surface area contributed by atoms with Gasteiger partial charge in [-0.15, -0.1) is 0 Å². The summed E-state index contributed by atoms with van der Waals surface area (Å²) in [5.41, 5.74) is 3.25. The van der Waals surface area contributed by atoms with E-state index in [2.05, 4.69) is 10.3 Å². The summed E-state index contributed by atoms with van der Waals surface area (Å²) in [5, 5.41) is 18.3. The third-order valence-electron chi connectivity index (χ3n) is 3.14. The highest BCUT2D eigenvalue weighted by atomic mass is 19.1. The number of hydroxylamine groups is 1. The number of aromatic nitrogens is 1. The molecule has 1 aromatic heterocycles. The second-order valence-electron chi connectivity index (χ2n) is 5.01. The van der Waals surface area contributed by atoms with Gasteiger partial charge in [-0.05, 0) is 30.0 Å². The molecule has 8 heteroatoms. The van der Waals surface area contributed by atoms with Crippen molar-refractivity contribution >= 4 is 17.9 Å². The number of pyridine rings is 1. The fourth-order valence-corrected chi connectivity index (χ4v) is 1.95. The van der Waals surface area contributed by atoms with Crippen molar-refractivity contribution in [3.8, 4) is 0 Å². The van der Waals surface area contributed by atoms with Crippen molar-refractivity contribution in [3.05, 3.63) is 71.8 Å². The second kappa shape index (κ2) is 11.5. The fraction of sp³-hybridized carbons (Fsp3) is 0.167. The normalized spacial score (nSPS) is 10.0. The van der Waals surface area contributed by atoms with E-state index in [0.717, 1.165) is 18.0 Å². The van der Waals surface area contributed by atoms with Crippen molar-refractivity contribution in [1.82, 2.24) is 15.8 Å². The van der Waals surface area contributed by atoms with Crippen LogP contribution in [0, 0.1) is 11.2 Å². The smallest absolute Gasteiger partial charge is 0.150 e. The van der Waals surface area contributed by atoms with Crippen LogP contribution in [0.25, 0.3) is 0 Å². The Hall–Kier alpha value is -3.10. The molecule has 26 heavy (non-hydrogen) atoms. The van der Waals surface area contributed by atoms with Crippen molar-refractivity contribution < 1.29 is 14.4 Å². The Bertz CT molecular complexity index is 717. The lowest BCUT2D eigenvalue weighted by Gasteiger charge is -2.22. The number of anilines is 1. The van der Waals surface area contributed by atoms with Crippen LogP contribution < -0.4 is 15.7 Å². The molecular weight excluding hydrogens is 337 g/mol. The minimum absolute atomic E-state index is 0.206. The second-order valence-corrected chi connectivity index (χ2v) is 5.01. The van der Waals surface area contributed by atoms with E-state index < -0.39 is 5.82 Å². The van der Waals surface area contributed by atoms with Crippen LogP contribution in [0.15, 0.2) is 54.9 Å². The summed E-state index contributed by atoms with van der Waals surface area (Å²) in [6.45, 7) is 0.380. The molecule has 0 aliphatic heterocycles. The van der Waals surface area contributed by atoms with Crippen LogP contribution in [0.2, 0.25) is 0 Å². The Balaban J connectivity index is 0.00000105. The summed E-state index contributed by atoms with van der Waals surface area (Å²) in [6.07, 6.45) is 5.12. The number of nitrogens with one attached hydrogen (secondary N) is 3. The maximum Gasteiger partial charge on any atom is 0.150 e. The number of carbonyl (C=O) groups excluding carboxylic acids is 1. The standard InChI is InChI=1S/C17H17FN4O.CH5NO/c1-20-9-8-16(19)22(17-7-6-15(18)10-21-17)11-13-2-4-14(12-23)5-3-13;1-2-3/h2-10,12,19-20H,11H2,1H3;2-3H,1H3/b9-8-,19-16?;. The molecule has 1 heterocycles. The van der Waals surface area contributed by atoms with Crippen LogP contribution in [0.4, 0.5) is 10.2 Å². The van der Waals surface area contributed by atoms with E-state index in [1.54, 1.807) is 41.8 Å². The molecule has 0 bridgehead atoms. The molecule has 0 saturated heterocycles. The Morgan fingerprint density at radius 1 is 1.27 bits per heavy atom. The topological polar surface area (TPSA) is 101 Å². The van der Waals surface area contributed by atoms with Crippen molar-refractivity contribution in [2.45, 2.75) is 6.54 Å². The van der Waals surface area contributed by atoms with Gasteiger partial charge < -0.3 is 15.4 Å². The molecule has 4 N–H and O–H groups in total. The molecule has 0 radical (unpaired) electrons. The van der Waals surface area contributed by atoms with Gasteiger partial charge in [0.1, 0.15) is 23.8 Å². The molecule has 2 aromatic rings. The maximum atomic E-state index is 13.1. The van der Waals surface area contributed by atoms with E-state index in [1.165, 1.54) is 19.2 Å². The number of halogens is 1. The van der Waals surface area contributed by atoms with E-state index in [4.69, 9.17) is 10.6 Å². The average molecular weight is 359 g/mol. The Kier molecular flexibility index (Phi) is 9.23. The highest BCUT2D eigenvalue weighted by Gasteiger charge is 2.12. The molecular formula is C18H22FN5O2. The van der Waals surface area contributed by atoms with Crippen LogP contribution in [-0.4, -0.2) is 36.4 Å². The number of amidine groups is 1. The zero-order chi connectivity index (χ0) is 19.4. The van der Waals surface area contributed by atoms with E-state index in [-0.39, 0.29) is 5.84 Å². The number of aldehydes is 1. The van der Waals surface area contributed by atoms with Crippen molar-refractivity contribution in [2.75, 3.05) is 19.0 Å². The molecule has 0 aliphatic carbocycles. The zero-order valence-electron chi connectivity index (χ0n) is 14.6. The third kappa shape index (κ3) is 6.80. The third-order valence-corrected chi connectivity index (χ3v) is 3.14. The molecule has 7 nitrogen and oxygen atoms in total.